The zero-order valence-electron chi connectivity index (χ0n) is 30.6. The quantitative estimate of drug-likeness (QED) is 0.128. The van der Waals surface area contributed by atoms with E-state index in [-0.39, 0.29) is 20.1 Å². The molecule has 0 fully saturated rings. The largest absolute Gasteiger partial charge is 0.305 e. The van der Waals surface area contributed by atoms with Crippen LogP contribution in [0.1, 0.15) is 36.4 Å². The summed E-state index contributed by atoms with van der Waals surface area (Å²) >= 11 is 1.79. The average Bonchev–Trinajstić information content (AvgIpc) is 3.46. The van der Waals surface area contributed by atoms with Crippen molar-refractivity contribution >= 4 is 44.8 Å². The van der Waals surface area contributed by atoms with Crippen molar-refractivity contribution in [3.05, 3.63) is 139 Å². The SMILES string of the molecule is [2H]C(C)(C)c1ccnc(-c2[c-]ccc3c2sc2cc(-c4ccccc4)ccc23)c1.[2H]C([2H])([2H])c1c[c-]c(-c2ccc([Si](C)(C)C)cn2)cc1.[Ir]. The molecule has 5 heteroatoms. The summed E-state index contributed by atoms with van der Waals surface area (Å²) in [6, 6.07) is 40.6. The average molecular weight is 815 g/mol. The Morgan fingerprint density at radius 2 is 1.63 bits per heavy atom. The second-order valence-electron chi connectivity index (χ2n) is 12.4. The van der Waals surface area contributed by atoms with Gasteiger partial charge in [-0.3, -0.25) is 0 Å². The predicted molar refractivity (Wildman–Crippen MR) is 197 cm³/mol. The first-order valence-corrected chi connectivity index (χ1v) is 19.4. The second kappa shape index (κ2) is 14.4. The van der Waals surface area contributed by atoms with E-state index < -0.39 is 20.8 Å². The normalized spacial score (nSPS) is 13.1. The zero-order valence-corrected chi connectivity index (χ0v) is 30.8. The Kier molecular flexibility index (Phi) is 8.89. The molecule has 0 aliphatic rings. The van der Waals surface area contributed by atoms with Crippen LogP contribution in [-0.2, 0) is 20.1 Å². The van der Waals surface area contributed by atoms with Crippen LogP contribution in [0, 0.1) is 19.0 Å². The summed E-state index contributed by atoms with van der Waals surface area (Å²) in [6.45, 7) is 8.56. The van der Waals surface area contributed by atoms with Crippen LogP contribution in [0.25, 0.3) is 53.8 Å². The number of hydrogen-bond donors (Lipinski definition) is 0. The van der Waals surface area contributed by atoms with Gasteiger partial charge in [0.15, 0.2) is 0 Å². The van der Waals surface area contributed by atoms with Crippen molar-refractivity contribution in [2.24, 2.45) is 0 Å². The van der Waals surface area contributed by atoms with Gasteiger partial charge in [0, 0.05) is 42.7 Å². The van der Waals surface area contributed by atoms with Gasteiger partial charge in [0.1, 0.15) is 0 Å². The Labute approximate surface area is 297 Å². The molecular weight excluding hydrogens is 773 g/mol. The maximum atomic E-state index is 8.35. The number of rotatable bonds is 5. The number of hydrogen-bond acceptors (Lipinski definition) is 3. The summed E-state index contributed by atoms with van der Waals surface area (Å²) in [4.78, 5) is 9.07. The third-order valence-corrected chi connectivity index (χ3v) is 11.1. The molecule has 0 spiro atoms. The zero-order chi connectivity index (χ0) is 35.0. The minimum Gasteiger partial charge on any atom is -0.305 e. The van der Waals surface area contributed by atoms with E-state index in [1.807, 2.05) is 50.4 Å². The minimum atomic E-state index is -2.08. The Morgan fingerprint density at radius 3 is 2.30 bits per heavy atom. The van der Waals surface area contributed by atoms with Crippen molar-refractivity contribution < 1.29 is 25.6 Å². The molecule has 0 N–H and O–H groups in total. The van der Waals surface area contributed by atoms with Crippen LogP contribution in [0.5, 0.6) is 0 Å². The third-order valence-electron chi connectivity index (χ3n) is 7.85. The molecule has 7 aromatic rings. The molecular formula is C41H38IrN2SSi-2. The molecule has 0 aliphatic heterocycles. The van der Waals surface area contributed by atoms with Gasteiger partial charge in [0.05, 0.1) is 8.07 Å². The van der Waals surface area contributed by atoms with Gasteiger partial charge in [-0.05, 0) is 55.8 Å². The van der Waals surface area contributed by atoms with Crippen molar-refractivity contribution in [2.75, 3.05) is 0 Å². The van der Waals surface area contributed by atoms with Crippen molar-refractivity contribution in [1.29, 1.82) is 0 Å². The van der Waals surface area contributed by atoms with Gasteiger partial charge in [-0.15, -0.1) is 59.2 Å². The first-order chi connectivity index (χ1) is 23.2. The summed E-state index contributed by atoms with van der Waals surface area (Å²) in [7, 11) is -1.34. The van der Waals surface area contributed by atoms with Crippen LogP contribution in [-0.4, -0.2) is 18.0 Å². The Hall–Kier alpha value is -3.73. The summed E-state index contributed by atoms with van der Waals surface area (Å²) in [5.41, 5.74) is 7.25. The van der Waals surface area contributed by atoms with E-state index in [2.05, 4.69) is 96.3 Å². The first kappa shape index (κ1) is 28.5. The Bertz CT molecular complexity index is 2160. The number of aromatic nitrogens is 2. The van der Waals surface area contributed by atoms with Gasteiger partial charge in [-0.25, -0.2) is 0 Å². The van der Waals surface area contributed by atoms with Gasteiger partial charge in [0.2, 0.25) is 0 Å². The number of aryl methyl sites for hydroxylation is 1. The summed E-state index contributed by atoms with van der Waals surface area (Å²) in [6.07, 6.45) is 3.72. The van der Waals surface area contributed by atoms with E-state index >= 15 is 0 Å². The Morgan fingerprint density at radius 1 is 0.804 bits per heavy atom. The van der Waals surface area contributed by atoms with Crippen molar-refractivity contribution in [3.8, 4) is 33.6 Å². The van der Waals surface area contributed by atoms with Crippen molar-refractivity contribution in [1.82, 2.24) is 9.97 Å². The first-order valence-electron chi connectivity index (χ1n) is 17.1. The fourth-order valence-electron chi connectivity index (χ4n) is 5.20. The predicted octanol–water partition coefficient (Wildman–Crippen LogP) is 11.1. The maximum absolute atomic E-state index is 8.35. The Balaban J connectivity index is 0.000000204. The van der Waals surface area contributed by atoms with Crippen LogP contribution < -0.4 is 5.19 Å². The fourth-order valence-corrected chi connectivity index (χ4v) is 7.48. The van der Waals surface area contributed by atoms with Crippen LogP contribution in [0.15, 0.2) is 116 Å². The molecule has 0 aliphatic carbocycles. The number of fused-ring (bicyclic) bond motifs is 3. The van der Waals surface area contributed by atoms with Gasteiger partial charge in [0.25, 0.3) is 0 Å². The standard InChI is InChI=1S/C26H20NS.C15H18NSi.Ir/c1-17(2)19-13-14-27-24(15-19)23-10-6-9-22-21-12-11-20(16-25(21)28-26(22)23)18-7-4-3-5-8-18;1-12-5-7-13(8-6-12)15-10-9-14(11-16-15)17(2,3)4;/h3-9,11-17H,1-2H3;5-7,9-11H,1-4H3;/q2*-1;/i17D;1D3;. The van der Waals surface area contributed by atoms with E-state index in [0.29, 0.717) is 5.56 Å². The van der Waals surface area contributed by atoms with Crippen LogP contribution in [0.2, 0.25) is 19.6 Å². The van der Waals surface area contributed by atoms with Gasteiger partial charge >= 0.3 is 0 Å². The number of benzene rings is 4. The molecule has 0 saturated carbocycles. The second-order valence-corrected chi connectivity index (χ2v) is 18.5. The molecule has 46 heavy (non-hydrogen) atoms. The minimum absolute atomic E-state index is 0. The van der Waals surface area contributed by atoms with E-state index in [1.54, 1.807) is 29.7 Å². The molecule has 233 valence electrons. The molecule has 4 aromatic carbocycles. The van der Waals surface area contributed by atoms with Crippen molar-refractivity contribution in [2.45, 2.75) is 46.2 Å². The van der Waals surface area contributed by atoms with Crippen LogP contribution in [0.3, 0.4) is 0 Å². The van der Waals surface area contributed by atoms with Crippen molar-refractivity contribution in [3.63, 3.8) is 0 Å². The van der Waals surface area contributed by atoms with E-state index in [4.69, 9.17) is 5.48 Å². The smallest absolute Gasteiger partial charge is 0.0795 e. The summed E-state index contributed by atoms with van der Waals surface area (Å²) in [5.74, 6) is -0.656. The maximum Gasteiger partial charge on any atom is 0.0795 e. The molecule has 0 atom stereocenters. The molecule has 3 aromatic heterocycles. The third kappa shape index (κ3) is 7.45. The molecule has 2 nitrogen and oxygen atoms in total. The van der Waals surface area contributed by atoms with E-state index in [0.717, 1.165) is 28.1 Å². The molecule has 7 rings (SSSR count). The van der Waals surface area contributed by atoms with E-state index in [1.165, 1.54) is 42.6 Å². The van der Waals surface area contributed by atoms with Gasteiger partial charge < -0.3 is 9.97 Å². The molecule has 3 heterocycles. The molecule has 0 saturated heterocycles. The van der Waals surface area contributed by atoms with Gasteiger partial charge in [-0.2, -0.15) is 11.3 Å². The molecule has 0 unspecified atom stereocenters. The van der Waals surface area contributed by atoms with Crippen LogP contribution >= 0.6 is 11.3 Å². The number of thiophene rings is 1. The molecule has 0 amide bonds. The topological polar surface area (TPSA) is 25.8 Å². The van der Waals surface area contributed by atoms with Crippen LogP contribution in [0.4, 0.5) is 0 Å². The number of nitrogens with zero attached hydrogens (tertiary/aromatic N) is 2. The summed E-state index contributed by atoms with van der Waals surface area (Å²) < 4.78 is 32.9. The monoisotopic (exact) mass is 815 g/mol. The summed E-state index contributed by atoms with van der Waals surface area (Å²) in [5, 5.41) is 3.80. The van der Waals surface area contributed by atoms with Gasteiger partial charge in [-0.1, -0.05) is 112 Å². The number of pyridine rings is 2. The fraction of sp³-hybridized carbons (Fsp3) is 0.171. The molecule has 0 bridgehead atoms. The molecule has 1 radical (unpaired) electrons. The van der Waals surface area contributed by atoms with E-state index in [9.17, 15) is 0 Å².